The van der Waals surface area contributed by atoms with E-state index in [9.17, 15) is 14.4 Å². The van der Waals surface area contributed by atoms with Crippen LogP contribution in [0, 0.1) is 5.92 Å². The predicted molar refractivity (Wildman–Crippen MR) is 99.7 cm³/mol. The molecule has 0 saturated carbocycles. The molecule has 1 saturated heterocycles. The summed E-state index contributed by atoms with van der Waals surface area (Å²) in [6.45, 7) is 6.53. The lowest BCUT2D eigenvalue weighted by Gasteiger charge is -2.35. The molecular weight excluding hydrogens is 330 g/mol. The van der Waals surface area contributed by atoms with Gasteiger partial charge < -0.3 is 15.1 Å². The number of carbonyl (C=O) groups excluding carboxylic acids is 3. The summed E-state index contributed by atoms with van der Waals surface area (Å²) in [6, 6.07) is 5.82. The third-order valence-corrected chi connectivity index (χ3v) is 4.99. The van der Waals surface area contributed by atoms with Gasteiger partial charge in [-0.1, -0.05) is 26.0 Å². The second kappa shape index (κ2) is 7.89. The molecule has 0 aliphatic carbocycles. The van der Waals surface area contributed by atoms with Gasteiger partial charge in [-0.2, -0.15) is 0 Å². The monoisotopic (exact) mass is 357 g/mol. The standard InChI is InChI=1S/C20H27N3O3/c1-14(2)11-19(25)22-7-9-23(10-8-22)20(26)13-15-3-5-17-16(12-15)4-6-18(24)21-17/h3,5,12,14H,4,6-11,13H2,1-2H3,(H,21,24). The van der Waals surface area contributed by atoms with E-state index in [1.165, 1.54) is 0 Å². The summed E-state index contributed by atoms with van der Waals surface area (Å²) in [7, 11) is 0. The first kappa shape index (κ1) is 18.4. The molecule has 1 aromatic rings. The Hall–Kier alpha value is -2.37. The van der Waals surface area contributed by atoms with Crippen LogP contribution in [-0.2, 0) is 27.2 Å². The van der Waals surface area contributed by atoms with E-state index in [-0.39, 0.29) is 17.7 Å². The van der Waals surface area contributed by atoms with Crippen LogP contribution in [0.1, 0.15) is 37.8 Å². The first-order chi connectivity index (χ1) is 12.4. The van der Waals surface area contributed by atoms with Crippen molar-refractivity contribution in [2.24, 2.45) is 5.92 Å². The number of fused-ring (bicyclic) bond motifs is 1. The molecule has 3 amide bonds. The van der Waals surface area contributed by atoms with Crippen molar-refractivity contribution < 1.29 is 14.4 Å². The average Bonchev–Trinajstić information content (AvgIpc) is 2.61. The number of hydrogen-bond donors (Lipinski definition) is 1. The van der Waals surface area contributed by atoms with E-state index in [0.29, 0.717) is 51.4 Å². The van der Waals surface area contributed by atoms with Crippen LogP contribution in [0.15, 0.2) is 18.2 Å². The molecule has 0 bridgehead atoms. The van der Waals surface area contributed by atoms with Gasteiger partial charge in [0.05, 0.1) is 6.42 Å². The van der Waals surface area contributed by atoms with Gasteiger partial charge in [0.15, 0.2) is 0 Å². The number of aryl methyl sites for hydroxylation is 1. The van der Waals surface area contributed by atoms with Crippen LogP contribution in [0.2, 0.25) is 0 Å². The Kier molecular flexibility index (Phi) is 5.59. The van der Waals surface area contributed by atoms with Gasteiger partial charge in [0.25, 0.3) is 0 Å². The summed E-state index contributed by atoms with van der Waals surface area (Å²) in [5.74, 6) is 0.687. The molecule has 1 fully saturated rings. The highest BCUT2D eigenvalue weighted by Crippen LogP contribution is 2.24. The van der Waals surface area contributed by atoms with Gasteiger partial charge in [-0.15, -0.1) is 0 Å². The van der Waals surface area contributed by atoms with E-state index >= 15 is 0 Å². The number of amides is 3. The summed E-state index contributed by atoms with van der Waals surface area (Å²) in [6.07, 6.45) is 2.15. The minimum atomic E-state index is 0.0474. The molecule has 0 unspecified atom stereocenters. The minimum Gasteiger partial charge on any atom is -0.339 e. The van der Waals surface area contributed by atoms with Crippen LogP contribution in [0.4, 0.5) is 5.69 Å². The van der Waals surface area contributed by atoms with Crippen LogP contribution in [0.3, 0.4) is 0 Å². The van der Waals surface area contributed by atoms with Gasteiger partial charge in [-0.25, -0.2) is 0 Å². The summed E-state index contributed by atoms with van der Waals surface area (Å²) in [4.78, 5) is 39.9. The SMILES string of the molecule is CC(C)CC(=O)N1CCN(C(=O)Cc2ccc3c(c2)CCC(=O)N3)CC1. The first-order valence-corrected chi connectivity index (χ1v) is 9.39. The maximum atomic E-state index is 12.6. The molecule has 0 radical (unpaired) electrons. The Bertz CT molecular complexity index is 706. The second-order valence-corrected chi connectivity index (χ2v) is 7.58. The normalized spacial score (nSPS) is 17.1. The Morgan fingerprint density at radius 1 is 1.04 bits per heavy atom. The van der Waals surface area contributed by atoms with E-state index in [0.717, 1.165) is 23.2 Å². The highest BCUT2D eigenvalue weighted by Gasteiger charge is 2.24. The molecule has 2 aliphatic heterocycles. The van der Waals surface area contributed by atoms with E-state index in [1.807, 2.05) is 41.8 Å². The zero-order valence-corrected chi connectivity index (χ0v) is 15.6. The fourth-order valence-electron chi connectivity index (χ4n) is 3.52. The number of anilines is 1. The fourth-order valence-corrected chi connectivity index (χ4v) is 3.52. The van der Waals surface area contributed by atoms with Gasteiger partial charge in [0, 0.05) is 44.7 Å². The molecule has 140 valence electrons. The largest absolute Gasteiger partial charge is 0.339 e. The molecule has 2 heterocycles. The Morgan fingerprint density at radius 3 is 2.35 bits per heavy atom. The van der Waals surface area contributed by atoms with Gasteiger partial charge in [0.1, 0.15) is 0 Å². The molecule has 0 atom stereocenters. The van der Waals surface area contributed by atoms with E-state index in [2.05, 4.69) is 5.32 Å². The van der Waals surface area contributed by atoms with Gasteiger partial charge in [-0.3, -0.25) is 14.4 Å². The molecule has 1 aromatic carbocycles. The van der Waals surface area contributed by atoms with E-state index < -0.39 is 0 Å². The number of benzene rings is 1. The molecule has 2 aliphatic rings. The number of carbonyl (C=O) groups is 3. The highest BCUT2D eigenvalue weighted by atomic mass is 16.2. The molecular formula is C20H27N3O3. The highest BCUT2D eigenvalue weighted by molar-refractivity contribution is 5.94. The van der Waals surface area contributed by atoms with Gasteiger partial charge in [-0.05, 0) is 29.5 Å². The van der Waals surface area contributed by atoms with Crippen molar-refractivity contribution >= 4 is 23.4 Å². The Labute approximate surface area is 154 Å². The summed E-state index contributed by atoms with van der Waals surface area (Å²) >= 11 is 0. The van der Waals surface area contributed by atoms with Crippen molar-refractivity contribution in [2.45, 2.75) is 39.5 Å². The molecule has 0 aromatic heterocycles. The summed E-state index contributed by atoms with van der Waals surface area (Å²) in [5.41, 5.74) is 2.93. The third kappa shape index (κ3) is 4.42. The van der Waals surface area contributed by atoms with Crippen molar-refractivity contribution in [3.05, 3.63) is 29.3 Å². The maximum absolute atomic E-state index is 12.6. The minimum absolute atomic E-state index is 0.0474. The van der Waals surface area contributed by atoms with E-state index in [1.54, 1.807) is 0 Å². The Morgan fingerprint density at radius 2 is 1.69 bits per heavy atom. The van der Waals surface area contributed by atoms with Crippen LogP contribution in [-0.4, -0.2) is 53.7 Å². The molecule has 6 heteroatoms. The molecule has 0 spiro atoms. The van der Waals surface area contributed by atoms with Crippen LogP contribution in [0.25, 0.3) is 0 Å². The molecule has 1 N–H and O–H groups in total. The third-order valence-electron chi connectivity index (χ3n) is 4.99. The van der Waals surface area contributed by atoms with E-state index in [4.69, 9.17) is 0 Å². The van der Waals surface area contributed by atoms with Crippen molar-refractivity contribution in [3.63, 3.8) is 0 Å². The maximum Gasteiger partial charge on any atom is 0.227 e. The summed E-state index contributed by atoms with van der Waals surface area (Å²) in [5, 5.41) is 2.86. The number of hydrogen-bond acceptors (Lipinski definition) is 3. The molecule has 3 rings (SSSR count). The van der Waals surface area contributed by atoms with Crippen LogP contribution < -0.4 is 5.32 Å². The summed E-state index contributed by atoms with van der Waals surface area (Å²) < 4.78 is 0. The molecule has 6 nitrogen and oxygen atoms in total. The lowest BCUT2D eigenvalue weighted by Crippen LogP contribution is -2.51. The lowest BCUT2D eigenvalue weighted by atomic mass is 9.99. The second-order valence-electron chi connectivity index (χ2n) is 7.58. The zero-order chi connectivity index (χ0) is 18.7. The van der Waals surface area contributed by atoms with Crippen molar-refractivity contribution in [3.8, 4) is 0 Å². The zero-order valence-electron chi connectivity index (χ0n) is 15.6. The number of piperazine rings is 1. The van der Waals surface area contributed by atoms with Crippen molar-refractivity contribution in [2.75, 3.05) is 31.5 Å². The average molecular weight is 357 g/mol. The first-order valence-electron chi connectivity index (χ1n) is 9.39. The lowest BCUT2D eigenvalue weighted by molar-refractivity contribution is -0.139. The van der Waals surface area contributed by atoms with Gasteiger partial charge >= 0.3 is 0 Å². The predicted octanol–water partition coefficient (Wildman–Crippen LogP) is 1.83. The quantitative estimate of drug-likeness (QED) is 0.894. The van der Waals surface area contributed by atoms with Gasteiger partial charge in [0.2, 0.25) is 17.7 Å². The van der Waals surface area contributed by atoms with Crippen molar-refractivity contribution in [1.29, 1.82) is 0 Å². The number of nitrogens with one attached hydrogen (secondary N) is 1. The van der Waals surface area contributed by atoms with Crippen molar-refractivity contribution in [1.82, 2.24) is 9.80 Å². The number of nitrogens with zero attached hydrogens (tertiary/aromatic N) is 2. The Balaban J connectivity index is 1.53. The van der Waals surface area contributed by atoms with Crippen LogP contribution in [0.5, 0.6) is 0 Å². The fraction of sp³-hybridized carbons (Fsp3) is 0.550. The van der Waals surface area contributed by atoms with Crippen LogP contribution >= 0.6 is 0 Å². The number of rotatable bonds is 4. The molecule has 26 heavy (non-hydrogen) atoms. The topological polar surface area (TPSA) is 69.7 Å². The smallest absolute Gasteiger partial charge is 0.227 e.